The minimum Gasteiger partial charge on any atom is -0.356 e. The third-order valence-corrected chi connectivity index (χ3v) is 0.552. The van der Waals surface area contributed by atoms with Gasteiger partial charge in [-0.3, -0.25) is 4.79 Å². The van der Waals surface area contributed by atoms with Gasteiger partial charge in [-0.15, -0.1) is 0 Å². The molecule has 1 rings (SSSR count). The normalized spacial score (nSPS) is 53.0. The Morgan fingerprint density at radius 1 is 2.17 bits per heavy atom. The van der Waals surface area contributed by atoms with Gasteiger partial charge in [0.1, 0.15) is 0 Å². The third kappa shape index (κ3) is 0.506. The van der Waals surface area contributed by atoms with E-state index in [1.54, 1.807) is 0 Å². The van der Waals surface area contributed by atoms with Crippen LogP contribution in [0.3, 0.4) is 0 Å². The van der Waals surface area contributed by atoms with Gasteiger partial charge in [0.05, 0.1) is 0 Å². The maximum atomic E-state index is 10.7. The highest BCUT2D eigenvalue weighted by atomic mass is 16.1. The number of carbonyl (C=O) groups excluding carboxylic acids is 1. The number of hydrogen-bond acceptors (Lipinski definition) is 1. The van der Waals surface area contributed by atoms with E-state index >= 15 is 0 Å². The molecule has 34 valence electrons. The zero-order valence-corrected chi connectivity index (χ0v) is 3.14. The van der Waals surface area contributed by atoms with Gasteiger partial charge in [-0.25, -0.2) is 0 Å². The predicted molar refractivity (Wildman–Crippen MR) is 22.2 cm³/mol. The minimum atomic E-state index is -2.15. The molecule has 1 atom stereocenters. The number of nitrogens with one attached hydrogen (secondary N) is 1. The highest BCUT2D eigenvalue weighted by Crippen LogP contribution is 1.93. The van der Waals surface area contributed by atoms with Gasteiger partial charge in [-0.2, -0.15) is 0 Å². The van der Waals surface area contributed by atoms with Crippen LogP contribution in [0.15, 0.2) is 0 Å². The summed E-state index contributed by atoms with van der Waals surface area (Å²) in [6.07, 6.45) is -3.26. The monoisotopic (exact) mass is 89.1 g/mol. The van der Waals surface area contributed by atoms with Crippen LogP contribution in [-0.4, -0.2) is 12.5 Å². The van der Waals surface area contributed by atoms with E-state index in [9.17, 15) is 4.79 Å². The molecule has 0 aromatic heterocycles. The second kappa shape index (κ2) is 1.29. The van der Waals surface area contributed by atoms with Crippen LogP contribution in [0.5, 0.6) is 0 Å². The van der Waals surface area contributed by atoms with Crippen molar-refractivity contribution < 1.29 is 10.3 Å². The van der Waals surface area contributed by atoms with E-state index in [0.717, 1.165) is 0 Å². The Hall–Kier alpha value is -0.530. The molecule has 1 aliphatic rings. The Kier molecular flexibility index (Phi) is 0.261. The van der Waals surface area contributed by atoms with Gasteiger partial charge in [0, 0.05) is 17.0 Å². The summed E-state index contributed by atoms with van der Waals surface area (Å²) in [5, 5.41) is 0.498. The summed E-state index contributed by atoms with van der Waals surface area (Å²) in [5.74, 6) is -0.910. The van der Waals surface area contributed by atoms with Crippen LogP contribution in [0, 0.1) is 0 Å². The van der Waals surface area contributed by atoms with Crippen molar-refractivity contribution in [1.29, 1.82) is 0 Å². The van der Waals surface area contributed by atoms with Gasteiger partial charge in [0.15, 0.2) is 1.41 Å². The SMILES string of the molecule is [2H]C1CN([2H])C(=O)C1([2H])[2H]. The fourth-order valence-electron chi connectivity index (χ4n) is 0.307. The van der Waals surface area contributed by atoms with E-state index in [-0.39, 0.29) is 6.54 Å². The summed E-state index contributed by atoms with van der Waals surface area (Å²) in [7, 11) is 0. The molecule has 1 saturated heterocycles. The van der Waals surface area contributed by atoms with Crippen molar-refractivity contribution in [3.8, 4) is 0 Å². The molecule has 0 aromatic carbocycles. The lowest BCUT2D eigenvalue weighted by atomic mass is 10.4. The van der Waals surface area contributed by atoms with E-state index in [4.69, 9.17) is 5.52 Å². The summed E-state index contributed by atoms with van der Waals surface area (Å²) < 4.78 is 27.9. The molecule has 2 heteroatoms. The van der Waals surface area contributed by atoms with Crippen molar-refractivity contribution in [2.24, 2.45) is 0 Å². The largest absolute Gasteiger partial charge is 0.356 e. The number of hydrogen-bond donors (Lipinski definition) is 1. The molecule has 1 heterocycles. The quantitative estimate of drug-likeness (QED) is 0.441. The van der Waals surface area contributed by atoms with Gasteiger partial charge >= 0.3 is 0 Å². The van der Waals surface area contributed by atoms with Crippen LogP contribution in [0.2, 0.25) is 1.41 Å². The summed E-state index contributed by atoms with van der Waals surface area (Å²) in [6.45, 7) is -0.133. The van der Waals surface area contributed by atoms with Crippen LogP contribution in [0.25, 0.3) is 0 Å². The van der Waals surface area contributed by atoms with Gasteiger partial charge < -0.3 is 5.31 Å². The Labute approximate surface area is 42.2 Å². The first-order chi connectivity index (χ1) is 4.46. The molecule has 1 unspecified atom stereocenters. The first-order valence-electron chi connectivity index (χ1n) is 3.72. The number of amides is 1. The molecular weight excluding hydrogens is 78.0 g/mol. The highest BCUT2D eigenvalue weighted by molar-refractivity contribution is 5.77. The van der Waals surface area contributed by atoms with Crippen LogP contribution < -0.4 is 5.31 Å². The van der Waals surface area contributed by atoms with E-state index in [0.29, 0.717) is 5.31 Å². The van der Waals surface area contributed by atoms with Crippen LogP contribution in [0.1, 0.15) is 16.9 Å². The van der Waals surface area contributed by atoms with Crippen molar-refractivity contribution in [2.75, 3.05) is 6.54 Å². The molecule has 1 amide bonds. The summed E-state index contributed by atoms with van der Waals surface area (Å²) in [4.78, 5) is 10.7. The zero-order valence-electron chi connectivity index (χ0n) is 7.14. The second-order valence-corrected chi connectivity index (χ2v) is 0.994. The Morgan fingerprint density at radius 2 is 3.00 bits per heavy atom. The minimum absolute atomic E-state index is 0.133. The molecule has 0 aromatic rings. The zero-order chi connectivity index (χ0) is 7.94. The van der Waals surface area contributed by atoms with Crippen LogP contribution in [0.4, 0.5) is 0 Å². The van der Waals surface area contributed by atoms with E-state index < -0.39 is 18.7 Å². The molecule has 0 spiro atoms. The summed E-state index contributed by atoms with van der Waals surface area (Å²) in [6, 6.07) is 0. The molecule has 0 radical (unpaired) electrons. The summed E-state index contributed by atoms with van der Waals surface area (Å²) >= 11 is 0. The Bertz CT molecular complexity index is 171. The first-order valence-corrected chi connectivity index (χ1v) is 1.69. The molecule has 2 nitrogen and oxygen atoms in total. The van der Waals surface area contributed by atoms with Crippen LogP contribution >= 0.6 is 0 Å². The molecular formula is C4H7NO. The molecule has 6 heavy (non-hydrogen) atoms. The lowest BCUT2D eigenvalue weighted by molar-refractivity contribution is -0.119. The topological polar surface area (TPSA) is 29.1 Å². The van der Waals surface area contributed by atoms with E-state index in [2.05, 4.69) is 0 Å². The van der Waals surface area contributed by atoms with Gasteiger partial charge in [0.2, 0.25) is 5.91 Å². The second-order valence-electron chi connectivity index (χ2n) is 0.994. The number of carbonyl (C=O) groups is 1. The number of rotatable bonds is 0. The fourth-order valence-corrected chi connectivity index (χ4v) is 0.307. The standard InChI is InChI=1S/C4H7NO/c6-4-2-1-3-5-4/h1-3H2,(H,5,6)/i1D,2D2/hD. The van der Waals surface area contributed by atoms with Crippen molar-refractivity contribution in [1.82, 2.24) is 5.31 Å². The predicted octanol–water partition coefficient (Wildman–Crippen LogP) is -0.104. The van der Waals surface area contributed by atoms with Crippen molar-refractivity contribution >= 4 is 5.91 Å². The maximum Gasteiger partial charge on any atom is 0.220 e. The van der Waals surface area contributed by atoms with Crippen molar-refractivity contribution in [2.45, 2.75) is 12.8 Å². The van der Waals surface area contributed by atoms with E-state index in [1.807, 2.05) is 0 Å². The van der Waals surface area contributed by atoms with Crippen LogP contribution in [-0.2, 0) is 4.79 Å². The van der Waals surface area contributed by atoms with Gasteiger partial charge in [-0.05, 0) is 6.40 Å². The third-order valence-electron chi connectivity index (χ3n) is 0.552. The molecule has 1 fully saturated rings. The van der Waals surface area contributed by atoms with E-state index in [1.165, 1.54) is 0 Å². The first kappa shape index (κ1) is 1.22. The molecule has 0 bridgehead atoms. The summed E-state index contributed by atoms with van der Waals surface area (Å²) in [5.41, 5.74) is 0. The molecule has 1 N–H and O–H groups in total. The molecule has 1 aliphatic heterocycles. The molecule has 0 aliphatic carbocycles. The van der Waals surface area contributed by atoms with Crippen molar-refractivity contribution in [3.63, 3.8) is 0 Å². The highest BCUT2D eigenvalue weighted by Gasteiger charge is 2.05. The van der Waals surface area contributed by atoms with Crippen molar-refractivity contribution in [3.05, 3.63) is 0 Å². The average Bonchev–Trinajstić information content (AvgIpc) is 1.97. The smallest absolute Gasteiger partial charge is 0.220 e. The van der Waals surface area contributed by atoms with Gasteiger partial charge in [-0.1, -0.05) is 0 Å². The maximum absolute atomic E-state index is 10.7. The molecule has 0 saturated carbocycles. The lowest BCUT2D eigenvalue weighted by Gasteiger charge is -1.80. The fraction of sp³-hybridized carbons (Fsp3) is 0.750. The Balaban J connectivity index is 2.85. The lowest BCUT2D eigenvalue weighted by Crippen LogP contribution is -2.12. The van der Waals surface area contributed by atoms with Gasteiger partial charge in [0.25, 0.3) is 0 Å². The Morgan fingerprint density at radius 3 is 3.17 bits per heavy atom. The average molecular weight is 89.1 g/mol.